The van der Waals surface area contributed by atoms with Crippen molar-refractivity contribution in [3.8, 4) is 17.4 Å². The molecule has 1 saturated heterocycles. The average Bonchev–Trinajstić information content (AvgIpc) is 3.22. The van der Waals surface area contributed by atoms with Crippen molar-refractivity contribution >= 4 is 34.2 Å². The maximum Gasteiger partial charge on any atom is 0.316 e. The van der Waals surface area contributed by atoms with Gasteiger partial charge in [0.1, 0.15) is 18.0 Å². The standard InChI is InChI=1S/C23H28IN7O3/c1-3-17-19(31-10-4-5-15(13-31)11-21(32)33)7-6-18(27-17)22-20(30(2)29-28-22)14-34-23-25-9-8-16(12-24)26-23/h6-9,15H,3-5,10-14H2,1-2H3,(H,32,33)/t15-/m1/s1. The van der Waals surface area contributed by atoms with E-state index in [1.165, 1.54) is 0 Å². The number of carboxylic acids is 1. The van der Waals surface area contributed by atoms with E-state index in [0.717, 1.165) is 65.2 Å². The van der Waals surface area contributed by atoms with Gasteiger partial charge in [-0.3, -0.25) is 4.79 Å². The third-order valence-electron chi connectivity index (χ3n) is 5.96. The van der Waals surface area contributed by atoms with Gasteiger partial charge < -0.3 is 14.7 Å². The molecule has 4 heterocycles. The summed E-state index contributed by atoms with van der Waals surface area (Å²) in [5.74, 6) is -0.577. The number of alkyl halides is 1. The average molecular weight is 577 g/mol. The molecule has 0 radical (unpaired) electrons. The number of carboxylic acid groups (broad SMARTS) is 1. The number of rotatable bonds is 9. The van der Waals surface area contributed by atoms with Crippen LogP contribution in [0.3, 0.4) is 0 Å². The summed E-state index contributed by atoms with van der Waals surface area (Å²) in [4.78, 5) is 26.9. The van der Waals surface area contributed by atoms with Crippen LogP contribution in [0.4, 0.5) is 5.69 Å². The topological polar surface area (TPSA) is 119 Å². The molecule has 0 aliphatic carbocycles. The Morgan fingerprint density at radius 3 is 2.91 bits per heavy atom. The zero-order chi connectivity index (χ0) is 24.1. The second-order valence-electron chi connectivity index (χ2n) is 8.33. The molecule has 34 heavy (non-hydrogen) atoms. The van der Waals surface area contributed by atoms with Gasteiger partial charge in [-0.1, -0.05) is 34.7 Å². The summed E-state index contributed by atoms with van der Waals surface area (Å²) >= 11 is 2.25. The first-order valence-electron chi connectivity index (χ1n) is 11.3. The largest absolute Gasteiger partial charge is 0.481 e. The van der Waals surface area contributed by atoms with Crippen LogP contribution in [0.2, 0.25) is 0 Å². The summed E-state index contributed by atoms with van der Waals surface area (Å²) in [6, 6.07) is 6.20. The molecule has 1 aliphatic rings. The van der Waals surface area contributed by atoms with Crippen LogP contribution in [0, 0.1) is 5.92 Å². The Morgan fingerprint density at radius 2 is 2.15 bits per heavy atom. The number of aliphatic carboxylic acids is 1. The van der Waals surface area contributed by atoms with Crippen molar-refractivity contribution in [1.82, 2.24) is 29.9 Å². The summed E-state index contributed by atoms with van der Waals surface area (Å²) in [5, 5.41) is 17.7. The summed E-state index contributed by atoms with van der Waals surface area (Å²) < 4.78 is 8.30. The molecular weight excluding hydrogens is 549 g/mol. The number of pyridine rings is 1. The second kappa shape index (κ2) is 11.1. The third-order valence-corrected chi connectivity index (χ3v) is 6.74. The number of anilines is 1. The molecule has 1 atom stereocenters. The van der Waals surface area contributed by atoms with E-state index in [-0.39, 0.29) is 18.9 Å². The van der Waals surface area contributed by atoms with Gasteiger partial charge >= 0.3 is 12.0 Å². The van der Waals surface area contributed by atoms with Gasteiger partial charge in [0.2, 0.25) is 0 Å². The minimum Gasteiger partial charge on any atom is -0.481 e. The second-order valence-corrected chi connectivity index (χ2v) is 9.09. The van der Waals surface area contributed by atoms with Gasteiger partial charge in [-0.15, -0.1) is 5.10 Å². The molecular formula is C23H28IN7O3. The lowest BCUT2D eigenvalue weighted by Gasteiger charge is -2.34. The highest BCUT2D eigenvalue weighted by Crippen LogP contribution is 2.30. The fourth-order valence-electron chi connectivity index (χ4n) is 4.26. The predicted molar refractivity (Wildman–Crippen MR) is 135 cm³/mol. The monoisotopic (exact) mass is 577 g/mol. The van der Waals surface area contributed by atoms with Gasteiger partial charge in [-0.05, 0) is 43.4 Å². The molecule has 0 unspecified atom stereocenters. The van der Waals surface area contributed by atoms with Crippen LogP contribution in [0.1, 0.15) is 43.3 Å². The smallest absolute Gasteiger partial charge is 0.316 e. The van der Waals surface area contributed by atoms with E-state index in [1.807, 2.05) is 19.2 Å². The number of ether oxygens (including phenoxy) is 1. The Balaban J connectivity index is 1.55. The molecule has 1 aliphatic heterocycles. The van der Waals surface area contributed by atoms with E-state index >= 15 is 0 Å². The van der Waals surface area contributed by atoms with Gasteiger partial charge in [0, 0.05) is 37.2 Å². The van der Waals surface area contributed by atoms with Crippen LogP contribution in [0.25, 0.3) is 11.4 Å². The van der Waals surface area contributed by atoms with E-state index in [2.05, 4.69) is 60.8 Å². The number of hydrogen-bond acceptors (Lipinski definition) is 8. The van der Waals surface area contributed by atoms with E-state index in [9.17, 15) is 9.90 Å². The first kappa shape index (κ1) is 24.3. The quantitative estimate of drug-likeness (QED) is 0.301. The molecule has 0 amide bonds. The highest BCUT2D eigenvalue weighted by molar-refractivity contribution is 14.1. The van der Waals surface area contributed by atoms with Gasteiger partial charge in [-0.2, -0.15) is 4.98 Å². The Bertz CT molecular complexity index is 1150. The Morgan fingerprint density at radius 1 is 1.29 bits per heavy atom. The molecule has 10 nitrogen and oxygen atoms in total. The van der Waals surface area contributed by atoms with Gasteiger partial charge in [0.25, 0.3) is 0 Å². The Kier molecular flexibility index (Phi) is 7.91. The summed E-state index contributed by atoms with van der Waals surface area (Å²) in [6.45, 7) is 3.94. The van der Waals surface area contributed by atoms with Gasteiger partial charge in [0.15, 0.2) is 0 Å². The lowest BCUT2D eigenvalue weighted by atomic mass is 9.94. The lowest BCUT2D eigenvalue weighted by molar-refractivity contribution is -0.138. The van der Waals surface area contributed by atoms with Crippen LogP contribution in [-0.4, -0.2) is 54.1 Å². The van der Waals surface area contributed by atoms with E-state index in [1.54, 1.807) is 10.9 Å². The SMILES string of the molecule is CCc1nc(-c2nnn(C)c2COc2nccc(CI)n2)ccc1N1CCC[C@H](CC(=O)O)C1. The lowest BCUT2D eigenvalue weighted by Crippen LogP contribution is -2.37. The third kappa shape index (κ3) is 5.62. The molecule has 11 heteroatoms. The van der Waals surface area contributed by atoms with Crippen molar-refractivity contribution in [2.45, 2.75) is 43.6 Å². The zero-order valence-corrected chi connectivity index (χ0v) is 21.5. The molecule has 180 valence electrons. The minimum absolute atomic E-state index is 0.160. The summed E-state index contributed by atoms with van der Waals surface area (Å²) in [6.07, 6.45) is 4.58. The number of aryl methyl sites for hydroxylation is 2. The number of carbonyl (C=O) groups is 1. The molecule has 4 rings (SSSR count). The first-order chi connectivity index (χ1) is 16.5. The maximum atomic E-state index is 11.2. The highest BCUT2D eigenvalue weighted by atomic mass is 127. The first-order valence-corrected chi connectivity index (χ1v) is 12.9. The molecule has 0 spiro atoms. The van der Waals surface area contributed by atoms with Crippen molar-refractivity contribution in [3.05, 3.63) is 41.5 Å². The Hall–Kier alpha value is -2.83. The van der Waals surface area contributed by atoms with Crippen LogP contribution < -0.4 is 9.64 Å². The summed E-state index contributed by atoms with van der Waals surface area (Å²) in [5.41, 5.74) is 5.10. The van der Waals surface area contributed by atoms with Crippen molar-refractivity contribution in [3.63, 3.8) is 0 Å². The number of halogens is 1. The molecule has 1 N–H and O–H groups in total. The van der Waals surface area contributed by atoms with Crippen LogP contribution in [0.15, 0.2) is 24.4 Å². The molecule has 1 fully saturated rings. The molecule has 0 aromatic carbocycles. The highest BCUT2D eigenvalue weighted by Gasteiger charge is 2.25. The zero-order valence-electron chi connectivity index (χ0n) is 19.3. The minimum atomic E-state index is -0.736. The number of nitrogens with zero attached hydrogens (tertiary/aromatic N) is 7. The number of aromatic nitrogens is 6. The molecule has 0 saturated carbocycles. The van der Waals surface area contributed by atoms with Crippen LogP contribution in [-0.2, 0) is 29.3 Å². The maximum absolute atomic E-state index is 11.2. The van der Waals surface area contributed by atoms with Crippen molar-refractivity contribution in [1.29, 1.82) is 0 Å². The van der Waals surface area contributed by atoms with E-state index in [4.69, 9.17) is 9.72 Å². The predicted octanol–water partition coefficient (Wildman–Crippen LogP) is 3.43. The normalized spacial score (nSPS) is 16.0. The van der Waals surface area contributed by atoms with Crippen molar-refractivity contribution < 1.29 is 14.6 Å². The van der Waals surface area contributed by atoms with Crippen LogP contribution in [0.5, 0.6) is 6.01 Å². The van der Waals surface area contributed by atoms with Crippen LogP contribution >= 0.6 is 22.6 Å². The van der Waals surface area contributed by atoms with E-state index in [0.29, 0.717) is 11.7 Å². The fraction of sp³-hybridized carbons (Fsp3) is 0.478. The molecule has 3 aromatic heterocycles. The summed E-state index contributed by atoms with van der Waals surface area (Å²) in [7, 11) is 1.82. The number of piperidine rings is 1. The van der Waals surface area contributed by atoms with E-state index < -0.39 is 5.97 Å². The molecule has 0 bridgehead atoms. The van der Waals surface area contributed by atoms with Gasteiger partial charge in [-0.25, -0.2) is 14.6 Å². The van der Waals surface area contributed by atoms with Crippen molar-refractivity contribution in [2.75, 3.05) is 18.0 Å². The van der Waals surface area contributed by atoms with Gasteiger partial charge in [0.05, 0.1) is 22.8 Å². The Labute approximate surface area is 211 Å². The van der Waals surface area contributed by atoms with Crippen molar-refractivity contribution in [2.24, 2.45) is 13.0 Å². The molecule has 3 aromatic rings. The fourth-order valence-corrected chi connectivity index (χ4v) is 4.69. The number of hydrogen-bond donors (Lipinski definition) is 1.